The number of ether oxygens (including phenoxy) is 2. The number of nitrogens with zero attached hydrogens (tertiary/aromatic N) is 7. The van der Waals surface area contributed by atoms with Crippen LogP contribution in [0, 0.1) is 29.4 Å². The van der Waals surface area contributed by atoms with Crippen LogP contribution in [0.4, 0.5) is 23.4 Å². The lowest BCUT2D eigenvalue weighted by molar-refractivity contribution is 0.0647. The predicted molar refractivity (Wildman–Crippen MR) is 204 cm³/mol. The van der Waals surface area contributed by atoms with Gasteiger partial charge in [-0.2, -0.15) is 15.1 Å². The molecule has 5 fully saturated rings. The van der Waals surface area contributed by atoms with Gasteiger partial charge in [0.1, 0.15) is 35.0 Å². The average molecular weight is 770 g/mol. The van der Waals surface area contributed by atoms with Gasteiger partial charge in [-0.15, -0.1) is 6.42 Å². The number of terminal acetylenes is 1. The monoisotopic (exact) mass is 769 g/mol. The minimum atomic E-state index is -2.69. The van der Waals surface area contributed by atoms with Crippen molar-refractivity contribution in [1.29, 1.82) is 0 Å². The molecule has 14 heteroatoms. The number of alkyl halides is 2. The molecule has 5 aromatic rings. The Balaban J connectivity index is 1.16. The zero-order valence-corrected chi connectivity index (χ0v) is 31.4. The Morgan fingerprint density at radius 1 is 1.05 bits per heavy atom. The highest BCUT2D eigenvalue weighted by Crippen LogP contribution is 2.69. The highest BCUT2D eigenvalue weighted by atomic mass is 19.3. The smallest absolute Gasteiger partial charge is 0.319 e. The van der Waals surface area contributed by atoms with Crippen molar-refractivity contribution >= 4 is 38.4 Å². The van der Waals surface area contributed by atoms with Crippen molar-refractivity contribution in [1.82, 2.24) is 29.5 Å². The van der Waals surface area contributed by atoms with Gasteiger partial charge in [-0.05, 0) is 74.2 Å². The third-order valence-corrected chi connectivity index (χ3v) is 13.3. The normalized spacial score (nSPS) is 26.9. The van der Waals surface area contributed by atoms with Gasteiger partial charge in [0.2, 0.25) is 0 Å². The summed E-state index contributed by atoms with van der Waals surface area (Å²) in [6.45, 7) is 4.32. The molecule has 0 radical (unpaired) electrons. The van der Waals surface area contributed by atoms with Gasteiger partial charge in [0.25, 0.3) is 5.92 Å². The molecule has 2 unspecified atom stereocenters. The minimum Gasteiger partial charge on any atom is -0.508 e. The van der Waals surface area contributed by atoms with Crippen molar-refractivity contribution in [3.8, 4) is 35.2 Å². The molecule has 4 aliphatic heterocycles. The summed E-state index contributed by atoms with van der Waals surface area (Å²) >= 11 is 0. The molecule has 1 saturated carbocycles. The quantitative estimate of drug-likeness (QED) is 0.101. The summed E-state index contributed by atoms with van der Waals surface area (Å²) in [6, 6.07) is 5.69. The molecule has 6 heterocycles. The second-order valence-electron chi connectivity index (χ2n) is 16.7. The minimum absolute atomic E-state index is 0.00638. The average Bonchev–Trinajstić information content (AvgIpc) is 3.63. The molecule has 0 amide bonds. The highest BCUT2D eigenvalue weighted by molar-refractivity contribution is 6.18. The Labute approximate surface area is 321 Å². The number of fused-ring (bicyclic) bond motifs is 7. The van der Waals surface area contributed by atoms with E-state index in [1.165, 1.54) is 24.3 Å². The van der Waals surface area contributed by atoms with E-state index in [9.17, 15) is 13.9 Å². The maximum Gasteiger partial charge on any atom is 0.319 e. The third-order valence-electron chi connectivity index (χ3n) is 13.3. The number of phenols is 1. The first-order valence-electron chi connectivity index (χ1n) is 19.5. The Morgan fingerprint density at radius 3 is 2.57 bits per heavy atom. The summed E-state index contributed by atoms with van der Waals surface area (Å²) in [5.41, 5.74) is -1.24. The maximum atomic E-state index is 17.9. The van der Waals surface area contributed by atoms with Crippen LogP contribution in [-0.2, 0) is 11.8 Å². The number of halogens is 4. The number of piperazine rings is 1. The van der Waals surface area contributed by atoms with Crippen molar-refractivity contribution < 1.29 is 32.1 Å². The number of benzene rings is 3. The fourth-order valence-electron chi connectivity index (χ4n) is 10.8. The van der Waals surface area contributed by atoms with Crippen molar-refractivity contribution in [2.75, 3.05) is 57.9 Å². The summed E-state index contributed by atoms with van der Waals surface area (Å²) in [6.07, 6.45) is 12.2. The van der Waals surface area contributed by atoms with E-state index in [1.54, 1.807) is 25.0 Å². The van der Waals surface area contributed by atoms with Crippen LogP contribution in [0.25, 0.3) is 43.7 Å². The summed E-state index contributed by atoms with van der Waals surface area (Å²) < 4.78 is 75.9. The van der Waals surface area contributed by atoms with E-state index in [2.05, 4.69) is 20.6 Å². The number of hydrogen-bond acceptors (Lipinski definition) is 9. The predicted octanol–water partition coefficient (Wildman–Crippen LogP) is 6.63. The number of aryl methyl sites for hydroxylation is 1. The topological polar surface area (TPSA) is 92.0 Å². The molecule has 1 spiro atoms. The van der Waals surface area contributed by atoms with Crippen LogP contribution in [0.2, 0.25) is 0 Å². The summed E-state index contributed by atoms with van der Waals surface area (Å²) in [4.78, 5) is 16.8. The van der Waals surface area contributed by atoms with Gasteiger partial charge in [0, 0.05) is 88.0 Å². The molecule has 1 aliphatic carbocycles. The van der Waals surface area contributed by atoms with E-state index < -0.39 is 28.5 Å². The molecule has 10 nitrogen and oxygen atoms in total. The van der Waals surface area contributed by atoms with Gasteiger partial charge in [0.15, 0.2) is 5.82 Å². The first kappa shape index (κ1) is 35.7. The van der Waals surface area contributed by atoms with E-state index in [0.717, 1.165) is 51.9 Å². The first-order chi connectivity index (χ1) is 26.9. The lowest BCUT2D eigenvalue weighted by Gasteiger charge is -2.42. The molecule has 10 rings (SSSR count). The second kappa shape index (κ2) is 12.6. The van der Waals surface area contributed by atoms with Gasteiger partial charge < -0.3 is 19.5 Å². The molecule has 4 atom stereocenters. The fourth-order valence-corrected chi connectivity index (χ4v) is 10.8. The Hall–Kier alpha value is -4.71. The summed E-state index contributed by atoms with van der Waals surface area (Å²) in [5, 5.41) is 17.4. The lowest BCUT2D eigenvalue weighted by Crippen LogP contribution is -2.54. The number of likely N-dealkylation sites (tertiary alicyclic amines) is 1. The van der Waals surface area contributed by atoms with Crippen LogP contribution >= 0.6 is 0 Å². The Morgan fingerprint density at radius 2 is 1.84 bits per heavy atom. The van der Waals surface area contributed by atoms with Crippen LogP contribution in [0.3, 0.4) is 0 Å². The molecule has 2 aromatic heterocycles. The molecular formula is C42H43F4N7O3. The lowest BCUT2D eigenvalue weighted by atomic mass is 9.89. The van der Waals surface area contributed by atoms with Crippen molar-refractivity contribution in [2.45, 2.75) is 68.5 Å². The Bertz CT molecular complexity index is 2470. The zero-order chi connectivity index (χ0) is 38.7. The zero-order valence-electron chi connectivity index (χ0n) is 31.4. The van der Waals surface area contributed by atoms with Crippen LogP contribution < -0.4 is 9.64 Å². The van der Waals surface area contributed by atoms with E-state index in [-0.39, 0.29) is 70.0 Å². The summed E-state index contributed by atoms with van der Waals surface area (Å²) in [7, 11) is 3.45. The van der Waals surface area contributed by atoms with Gasteiger partial charge in [-0.25, -0.2) is 17.6 Å². The number of phenolic OH excluding ortho intramolecular Hbond substituents is 1. The van der Waals surface area contributed by atoms with Gasteiger partial charge in [-0.3, -0.25) is 14.5 Å². The molecule has 3 aromatic carbocycles. The highest BCUT2D eigenvalue weighted by Gasteiger charge is 2.77. The third kappa shape index (κ3) is 5.30. The molecule has 56 heavy (non-hydrogen) atoms. The van der Waals surface area contributed by atoms with E-state index >= 15 is 8.78 Å². The van der Waals surface area contributed by atoms with Gasteiger partial charge in [0.05, 0.1) is 21.9 Å². The number of aromatic hydroxyl groups is 1. The number of methoxy groups -OCH3 is 1. The molecule has 5 aliphatic rings. The van der Waals surface area contributed by atoms with Crippen molar-refractivity contribution in [2.24, 2.45) is 12.5 Å². The number of hydrogen-bond donors (Lipinski definition) is 1. The second-order valence-corrected chi connectivity index (χ2v) is 16.7. The van der Waals surface area contributed by atoms with Crippen molar-refractivity contribution in [3.05, 3.63) is 47.7 Å². The van der Waals surface area contributed by atoms with E-state index in [0.29, 0.717) is 48.0 Å². The van der Waals surface area contributed by atoms with Crippen LogP contribution in [-0.4, -0.2) is 111 Å². The molecule has 4 saturated heterocycles. The van der Waals surface area contributed by atoms with Gasteiger partial charge in [-0.1, -0.05) is 12.0 Å². The Kier molecular flexibility index (Phi) is 8.06. The maximum absolute atomic E-state index is 17.9. The fraction of sp³-hybridized carbons (Fsp3) is 0.500. The molecule has 292 valence electrons. The molecule has 1 N–H and O–H groups in total. The SMILES string of the molecule is C#Cc1c(F)ccc2cc(O)cc(-c3c(F)c4nc(OC[C@@]56CCCN5C[C@@]5(CC5(F)F)C6)nc(N5C6CCC5CN(CCCOC)C6)c4c4cn(C)nc34)c12. The molecular weight excluding hydrogens is 726 g/mol. The number of anilines is 1. The van der Waals surface area contributed by atoms with Crippen LogP contribution in [0.1, 0.15) is 50.5 Å². The van der Waals surface area contributed by atoms with Crippen LogP contribution in [0.5, 0.6) is 11.8 Å². The van der Waals surface area contributed by atoms with E-state index in [1.807, 2.05) is 0 Å². The first-order valence-corrected chi connectivity index (χ1v) is 19.5. The number of rotatable bonds is 9. The van der Waals surface area contributed by atoms with Crippen molar-refractivity contribution in [3.63, 3.8) is 0 Å². The molecule has 2 bridgehead atoms. The standard InChI is InChI=1S/C42H43F4N7O3/c1-4-28-31(43)10-7-24-15-27(54)16-29(32(24)28)33-35(44)37-34(30-19-50(2)49-36(30)33)38(53-25-8-9-26(53)18-51(17-25)12-6-14-55-3)48-39(47-37)56-23-41-11-5-13-52(41)22-40(20-41)21-42(40,45)46/h1,7,10,15-16,19,25-26,54H,5-6,8-9,11-14,17-18,20-23H2,2-3H3/t25?,26?,40-,41-/m0/s1. The number of aromatic nitrogens is 4. The van der Waals surface area contributed by atoms with Gasteiger partial charge >= 0.3 is 6.01 Å². The largest absolute Gasteiger partial charge is 0.508 e. The van der Waals surface area contributed by atoms with Crippen LogP contribution in [0.15, 0.2) is 30.5 Å². The summed E-state index contributed by atoms with van der Waals surface area (Å²) in [5.74, 6) is -1.28. The van der Waals surface area contributed by atoms with E-state index in [4.69, 9.17) is 31.0 Å².